The average molecular weight is 456 g/mol. The number of thioether (sulfide) groups is 1. The number of alkyl halides is 3. The third kappa shape index (κ3) is 4.98. The Labute approximate surface area is 183 Å². The summed E-state index contributed by atoms with van der Waals surface area (Å²) in [6, 6.07) is 4.82. The fourth-order valence-electron chi connectivity index (χ4n) is 4.38. The zero-order chi connectivity index (χ0) is 22.1. The Hall–Kier alpha value is -1.87. The lowest BCUT2D eigenvalue weighted by molar-refractivity contribution is -0.137. The van der Waals surface area contributed by atoms with Crippen LogP contribution in [0.4, 0.5) is 23.4 Å². The SMILES string of the molecule is OC1(CCc2ncnc(N3CCC[C@@H]3c3ccc(C(F)(F)F)cc3)c2F)CCSCC1. The highest BCUT2D eigenvalue weighted by Gasteiger charge is 2.34. The summed E-state index contributed by atoms with van der Waals surface area (Å²) in [4.78, 5) is 10.1. The number of hydrogen-bond donors (Lipinski definition) is 1. The van der Waals surface area contributed by atoms with E-state index in [1.165, 1.54) is 18.5 Å². The van der Waals surface area contributed by atoms with Gasteiger partial charge in [0.2, 0.25) is 0 Å². The minimum absolute atomic E-state index is 0.179. The molecule has 0 unspecified atom stereocenters. The van der Waals surface area contributed by atoms with Gasteiger partial charge in [0.15, 0.2) is 11.6 Å². The van der Waals surface area contributed by atoms with Crippen LogP contribution in [0.5, 0.6) is 0 Å². The van der Waals surface area contributed by atoms with E-state index in [1.54, 1.807) is 0 Å². The van der Waals surface area contributed by atoms with Gasteiger partial charge in [-0.2, -0.15) is 24.9 Å². The molecule has 2 aliphatic rings. The molecule has 31 heavy (non-hydrogen) atoms. The second-order valence-corrected chi connectivity index (χ2v) is 9.49. The van der Waals surface area contributed by atoms with Crippen LogP contribution in [-0.4, -0.2) is 38.7 Å². The number of benzene rings is 1. The predicted molar refractivity (Wildman–Crippen MR) is 113 cm³/mol. The van der Waals surface area contributed by atoms with Crippen molar-refractivity contribution in [3.63, 3.8) is 0 Å². The first-order chi connectivity index (χ1) is 14.8. The van der Waals surface area contributed by atoms with Gasteiger partial charge in [-0.25, -0.2) is 14.4 Å². The second kappa shape index (κ2) is 8.94. The smallest absolute Gasteiger partial charge is 0.390 e. The Morgan fingerprint density at radius 1 is 1.13 bits per heavy atom. The Morgan fingerprint density at radius 2 is 1.84 bits per heavy atom. The Kier molecular flexibility index (Phi) is 6.44. The van der Waals surface area contributed by atoms with Crippen LogP contribution in [0.25, 0.3) is 0 Å². The van der Waals surface area contributed by atoms with Crippen molar-refractivity contribution in [1.29, 1.82) is 0 Å². The zero-order valence-corrected chi connectivity index (χ0v) is 17.9. The van der Waals surface area contributed by atoms with Crippen molar-refractivity contribution >= 4 is 17.6 Å². The summed E-state index contributed by atoms with van der Waals surface area (Å²) in [5.74, 6) is 1.47. The molecule has 0 radical (unpaired) electrons. The molecule has 0 spiro atoms. The molecule has 0 bridgehead atoms. The van der Waals surface area contributed by atoms with E-state index in [9.17, 15) is 18.3 Å². The Bertz CT molecular complexity index is 901. The highest BCUT2D eigenvalue weighted by Crippen LogP contribution is 2.38. The molecule has 2 saturated heterocycles. The fraction of sp³-hybridized carbons (Fsp3) is 0.545. The maximum Gasteiger partial charge on any atom is 0.416 e. The van der Waals surface area contributed by atoms with Crippen LogP contribution >= 0.6 is 11.8 Å². The van der Waals surface area contributed by atoms with Crippen LogP contribution in [-0.2, 0) is 12.6 Å². The molecule has 4 nitrogen and oxygen atoms in total. The van der Waals surface area contributed by atoms with Crippen molar-refractivity contribution in [2.45, 2.75) is 56.3 Å². The lowest BCUT2D eigenvalue weighted by Gasteiger charge is -2.32. The van der Waals surface area contributed by atoms with Crippen molar-refractivity contribution in [2.24, 2.45) is 0 Å². The van der Waals surface area contributed by atoms with E-state index in [1.807, 2.05) is 16.7 Å². The van der Waals surface area contributed by atoms with E-state index in [2.05, 4.69) is 9.97 Å². The first-order valence-electron chi connectivity index (χ1n) is 10.5. The first kappa shape index (κ1) is 22.3. The lowest BCUT2D eigenvalue weighted by Crippen LogP contribution is -2.34. The largest absolute Gasteiger partial charge is 0.416 e. The minimum atomic E-state index is -4.39. The van der Waals surface area contributed by atoms with Crippen LogP contribution < -0.4 is 4.90 Å². The van der Waals surface area contributed by atoms with Gasteiger partial charge >= 0.3 is 6.18 Å². The van der Waals surface area contributed by atoms with Crippen molar-refractivity contribution < 1.29 is 22.7 Å². The van der Waals surface area contributed by atoms with Gasteiger partial charge in [0.1, 0.15) is 6.33 Å². The summed E-state index contributed by atoms with van der Waals surface area (Å²) in [6.07, 6.45) is 0.603. The van der Waals surface area contributed by atoms with Crippen LogP contribution in [0.15, 0.2) is 30.6 Å². The normalized spacial score (nSPS) is 21.5. The number of aliphatic hydroxyl groups is 1. The maximum atomic E-state index is 15.3. The summed E-state index contributed by atoms with van der Waals surface area (Å²) in [7, 11) is 0. The third-order valence-corrected chi connectivity index (χ3v) is 7.23. The molecule has 1 atom stereocenters. The molecule has 9 heteroatoms. The van der Waals surface area contributed by atoms with Crippen LogP contribution in [0.1, 0.15) is 55.0 Å². The second-order valence-electron chi connectivity index (χ2n) is 8.27. The van der Waals surface area contributed by atoms with E-state index < -0.39 is 23.2 Å². The Balaban J connectivity index is 1.52. The average Bonchev–Trinajstić information content (AvgIpc) is 3.23. The molecule has 2 aliphatic heterocycles. The molecular formula is C22H25F4N3OS. The summed E-state index contributed by atoms with van der Waals surface area (Å²) >= 11 is 1.81. The fourth-order valence-corrected chi connectivity index (χ4v) is 5.64. The van der Waals surface area contributed by atoms with Gasteiger partial charge in [0, 0.05) is 6.54 Å². The molecule has 168 valence electrons. The molecule has 1 aromatic heterocycles. The van der Waals surface area contributed by atoms with E-state index in [-0.39, 0.29) is 17.6 Å². The van der Waals surface area contributed by atoms with Crippen LogP contribution in [0.3, 0.4) is 0 Å². The van der Waals surface area contributed by atoms with E-state index in [0.29, 0.717) is 44.2 Å². The number of aryl methyl sites for hydroxylation is 1. The third-order valence-electron chi connectivity index (χ3n) is 6.24. The number of aromatic nitrogens is 2. The van der Waals surface area contributed by atoms with E-state index in [0.717, 1.165) is 30.1 Å². The first-order valence-corrected chi connectivity index (χ1v) is 11.7. The van der Waals surface area contributed by atoms with Gasteiger partial charge in [-0.3, -0.25) is 0 Å². The van der Waals surface area contributed by atoms with Crippen LogP contribution in [0, 0.1) is 5.82 Å². The molecule has 3 heterocycles. The maximum absolute atomic E-state index is 15.3. The lowest BCUT2D eigenvalue weighted by atomic mass is 9.90. The highest BCUT2D eigenvalue weighted by molar-refractivity contribution is 7.99. The predicted octanol–water partition coefficient (Wildman–Crippen LogP) is 5.17. The van der Waals surface area contributed by atoms with Gasteiger partial charge in [-0.05, 0) is 67.7 Å². The molecule has 1 aromatic carbocycles. The van der Waals surface area contributed by atoms with Gasteiger partial charge in [0.25, 0.3) is 0 Å². The molecular weight excluding hydrogens is 430 g/mol. The van der Waals surface area contributed by atoms with Crippen molar-refractivity contribution in [2.75, 3.05) is 23.0 Å². The van der Waals surface area contributed by atoms with Crippen molar-refractivity contribution in [3.8, 4) is 0 Å². The van der Waals surface area contributed by atoms with E-state index in [4.69, 9.17) is 0 Å². The number of hydrogen-bond acceptors (Lipinski definition) is 5. The summed E-state index contributed by atoms with van der Waals surface area (Å²) in [5.41, 5.74) is -0.497. The molecule has 0 aliphatic carbocycles. The number of halogens is 4. The monoisotopic (exact) mass is 455 g/mol. The summed E-state index contributed by atoms with van der Waals surface area (Å²) < 4.78 is 53.9. The van der Waals surface area contributed by atoms with E-state index >= 15 is 4.39 Å². The number of anilines is 1. The standard InChI is InChI=1S/C22H25F4N3OS/c23-19-17(7-8-21(30)9-12-31-13-10-21)27-14-28-20(19)29-11-1-2-18(29)15-3-5-16(6-4-15)22(24,25)26/h3-6,14,18,30H,1-2,7-13H2/t18-/m1/s1. The van der Waals surface area contributed by atoms with Crippen molar-refractivity contribution in [3.05, 3.63) is 53.2 Å². The molecule has 0 saturated carbocycles. The van der Waals surface area contributed by atoms with Gasteiger partial charge < -0.3 is 10.0 Å². The number of rotatable bonds is 5. The van der Waals surface area contributed by atoms with Gasteiger partial charge in [-0.15, -0.1) is 0 Å². The Morgan fingerprint density at radius 3 is 2.52 bits per heavy atom. The number of nitrogens with zero attached hydrogens (tertiary/aromatic N) is 3. The zero-order valence-electron chi connectivity index (χ0n) is 17.0. The summed E-state index contributed by atoms with van der Waals surface area (Å²) in [5, 5.41) is 10.7. The molecule has 2 aromatic rings. The highest BCUT2D eigenvalue weighted by atomic mass is 32.2. The molecule has 1 N–H and O–H groups in total. The van der Waals surface area contributed by atoms with Gasteiger partial charge in [0.05, 0.1) is 22.9 Å². The molecule has 2 fully saturated rings. The minimum Gasteiger partial charge on any atom is -0.390 e. The van der Waals surface area contributed by atoms with Crippen LogP contribution in [0.2, 0.25) is 0 Å². The van der Waals surface area contributed by atoms with Crippen molar-refractivity contribution in [1.82, 2.24) is 9.97 Å². The van der Waals surface area contributed by atoms with Gasteiger partial charge in [-0.1, -0.05) is 12.1 Å². The molecule has 4 rings (SSSR count). The molecule has 0 amide bonds. The summed E-state index contributed by atoms with van der Waals surface area (Å²) in [6.45, 7) is 0.570. The quantitative estimate of drug-likeness (QED) is 0.631. The topological polar surface area (TPSA) is 49.3 Å².